The molecule has 7 heteroatoms. The summed E-state index contributed by atoms with van der Waals surface area (Å²) in [5.41, 5.74) is -0.654. The molecule has 0 radical (unpaired) electrons. The number of carbonyl (C=O) groups is 1. The number of methoxy groups -OCH3 is 1. The second-order valence-corrected chi connectivity index (χ2v) is 7.03. The first-order valence-corrected chi connectivity index (χ1v) is 7.90. The molecule has 6 nitrogen and oxygen atoms in total. The number of cyclic esters (lactones) is 1. The zero-order valence-electron chi connectivity index (χ0n) is 12.1. The van der Waals surface area contributed by atoms with Crippen molar-refractivity contribution in [1.82, 2.24) is 0 Å². The minimum atomic E-state index is -4.00. The average molecular weight is 314 g/mol. The Labute approximate surface area is 124 Å². The van der Waals surface area contributed by atoms with Gasteiger partial charge < -0.3 is 9.47 Å². The Balaban J connectivity index is 2.19. The number of hydrogen-bond donors (Lipinski definition) is 0. The molecular formula is C14H18O6S. The number of esters is 1. The molecule has 1 aromatic rings. The third-order valence-corrected chi connectivity index (χ3v) is 4.50. The Morgan fingerprint density at radius 2 is 1.90 bits per heavy atom. The van der Waals surface area contributed by atoms with Crippen molar-refractivity contribution in [2.24, 2.45) is 5.92 Å². The van der Waals surface area contributed by atoms with Gasteiger partial charge in [0.05, 0.1) is 4.90 Å². The number of hydrogen-bond acceptors (Lipinski definition) is 6. The van der Waals surface area contributed by atoms with E-state index in [2.05, 4.69) is 0 Å². The molecule has 116 valence electrons. The predicted molar refractivity (Wildman–Crippen MR) is 73.8 cm³/mol. The molecule has 0 saturated carbocycles. The van der Waals surface area contributed by atoms with Gasteiger partial charge in [0.15, 0.2) is 6.29 Å². The standard InChI is InChI=1S/C14H18O6S/c1-14(2)9-11(12(15)19-14)13(18-3)20-21(16,17)10-7-5-4-6-8-10/h4-8,11,13H,9H2,1-3H3. The van der Waals surface area contributed by atoms with Crippen LogP contribution in [0.4, 0.5) is 0 Å². The summed E-state index contributed by atoms with van der Waals surface area (Å²) in [4.78, 5) is 11.8. The van der Waals surface area contributed by atoms with Crippen LogP contribution < -0.4 is 0 Å². The monoisotopic (exact) mass is 314 g/mol. The lowest BCUT2D eigenvalue weighted by molar-refractivity contribution is -0.157. The van der Waals surface area contributed by atoms with Crippen LogP contribution >= 0.6 is 0 Å². The highest BCUT2D eigenvalue weighted by molar-refractivity contribution is 7.86. The SMILES string of the molecule is COC(OS(=O)(=O)c1ccccc1)C1CC(C)(C)OC1=O. The molecule has 0 aromatic heterocycles. The summed E-state index contributed by atoms with van der Waals surface area (Å²) in [5, 5.41) is 0. The van der Waals surface area contributed by atoms with Crippen molar-refractivity contribution < 1.29 is 26.9 Å². The van der Waals surface area contributed by atoms with Crippen LogP contribution in [0.2, 0.25) is 0 Å². The Morgan fingerprint density at radius 1 is 1.29 bits per heavy atom. The fourth-order valence-corrected chi connectivity index (χ4v) is 3.31. The van der Waals surface area contributed by atoms with Gasteiger partial charge in [-0.25, -0.2) is 4.18 Å². The maximum Gasteiger partial charge on any atom is 0.314 e. The zero-order chi connectivity index (χ0) is 15.7. The van der Waals surface area contributed by atoms with Gasteiger partial charge in [0.25, 0.3) is 10.1 Å². The van der Waals surface area contributed by atoms with Gasteiger partial charge in [-0.2, -0.15) is 8.42 Å². The number of rotatable bonds is 5. The molecule has 0 bridgehead atoms. The molecule has 0 aliphatic carbocycles. The summed E-state index contributed by atoms with van der Waals surface area (Å²) < 4.78 is 39.6. The van der Waals surface area contributed by atoms with Gasteiger partial charge in [-0.1, -0.05) is 18.2 Å². The quantitative estimate of drug-likeness (QED) is 0.468. The molecule has 1 fully saturated rings. The molecule has 0 amide bonds. The molecule has 2 rings (SSSR count). The summed E-state index contributed by atoms with van der Waals surface area (Å²) in [5.74, 6) is -1.29. The first kappa shape index (κ1) is 15.9. The van der Waals surface area contributed by atoms with Crippen molar-refractivity contribution in [3.8, 4) is 0 Å². The summed E-state index contributed by atoms with van der Waals surface area (Å²) in [6, 6.07) is 7.71. The Kier molecular flexibility index (Phi) is 4.36. The molecule has 1 aromatic carbocycles. The van der Waals surface area contributed by atoms with Crippen molar-refractivity contribution in [3.63, 3.8) is 0 Å². The topological polar surface area (TPSA) is 78.9 Å². The first-order valence-electron chi connectivity index (χ1n) is 6.49. The summed E-state index contributed by atoms with van der Waals surface area (Å²) in [7, 11) is -2.71. The fraction of sp³-hybridized carbons (Fsp3) is 0.500. The highest BCUT2D eigenvalue weighted by Gasteiger charge is 2.46. The summed E-state index contributed by atoms with van der Waals surface area (Å²) in [6.45, 7) is 3.51. The number of benzene rings is 1. The lowest BCUT2D eigenvalue weighted by Crippen LogP contribution is -2.32. The highest BCUT2D eigenvalue weighted by Crippen LogP contribution is 2.34. The average Bonchev–Trinajstić information content (AvgIpc) is 2.70. The Bertz CT molecular complexity index is 608. The highest BCUT2D eigenvalue weighted by atomic mass is 32.2. The van der Waals surface area contributed by atoms with Crippen LogP contribution in [0.25, 0.3) is 0 Å². The van der Waals surface area contributed by atoms with Crippen LogP contribution in [0.1, 0.15) is 20.3 Å². The van der Waals surface area contributed by atoms with Crippen LogP contribution in [0, 0.1) is 5.92 Å². The third kappa shape index (κ3) is 3.61. The maximum atomic E-state index is 12.2. The molecule has 1 aliphatic heterocycles. The lowest BCUT2D eigenvalue weighted by atomic mass is 9.97. The number of ether oxygens (including phenoxy) is 2. The maximum absolute atomic E-state index is 12.2. The van der Waals surface area contributed by atoms with Gasteiger partial charge in [-0.05, 0) is 26.0 Å². The van der Waals surface area contributed by atoms with Crippen LogP contribution in [0.15, 0.2) is 35.2 Å². The molecule has 1 saturated heterocycles. The van der Waals surface area contributed by atoms with Crippen molar-refractivity contribution in [2.45, 2.75) is 37.1 Å². The Morgan fingerprint density at radius 3 is 2.38 bits per heavy atom. The molecular weight excluding hydrogens is 296 g/mol. The summed E-state index contributed by atoms with van der Waals surface area (Å²) in [6.07, 6.45) is -0.876. The van der Waals surface area contributed by atoms with Crippen LogP contribution in [-0.2, 0) is 28.6 Å². The second kappa shape index (κ2) is 5.75. The van der Waals surface area contributed by atoms with E-state index < -0.39 is 33.9 Å². The van der Waals surface area contributed by atoms with E-state index >= 15 is 0 Å². The largest absolute Gasteiger partial charge is 0.459 e. The predicted octanol–water partition coefficient (Wildman–Crippen LogP) is 1.71. The van der Waals surface area contributed by atoms with Gasteiger partial charge in [0, 0.05) is 13.5 Å². The molecule has 1 heterocycles. The summed E-state index contributed by atoms with van der Waals surface area (Å²) >= 11 is 0. The van der Waals surface area contributed by atoms with Crippen molar-refractivity contribution in [2.75, 3.05) is 7.11 Å². The third-order valence-electron chi connectivity index (χ3n) is 3.21. The molecule has 2 atom stereocenters. The van der Waals surface area contributed by atoms with Crippen molar-refractivity contribution in [1.29, 1.82) is 0 Å². The van der Waals surface area contributed by atoms with E-state index in [1.165, 1.54) is 19.2 Å². The lowest BCUT2D eigenvalue weighted by Gasteiger charge is -2.20. The van der Waals surface area contributed by atoms with Gasteiger partial charge in [-0.3, -0.25) is 4.79 Å². The van der Waals surface area contributed by atoms with Crippen LogP contribution in [-0.4, -0.2) is 33.4 Å². The fourth-order valence-electron chi connectivity index (χ4n) is 2.25. The van der Waals surface area contributed by atoms with E-state index in [4.69, 9.17) is 13.7 Å². The van der Waals surface area contributed by atoms with E-state index in [0.29, 0.717) is 6.42 Å². The minimum Gasteiger partial charge on any atom is -0.459 e. The smallest absolute Gasteiger partial charge is 0.314 e. The van der Waals surface area contributed by atoms with Gasteiger partial charge in [-0.15, -0.1) is 0 Å². The minimum absolute atomic E-state index is 0.0117. The van der Waals surface area contributed by atoms with E-state index in [9.17, 15) is 13.2 Å². The van der Waals surface area contributed by atoms with Gasteiger partial charge in [0.1, 0.15) is 11.5 Å². The van der Waals surface area contributed by atoms with Gasteiger partial charge >= 0.3 is 5.97 Å². The van der Waals surface area contributed by atoms with Crippen LogP contribution in [0.5, 0.6) is 0 Å². The van der Waals surface area contributed by atoms with Crippen molar-refractivity contribution in [3.05, 3.63) is 30.3 Å². The molecule has 1 aliphatic rings. The normalized spacial score (nSPS) is 22.8. The van der Waals surface area contributed by atoms with E-state index in [0.717, 1.165) is 0 Å². The molecule has 21 heavy (non-hydrogen) atoms. The first-order chi connectivity index (χ1) is 9.75. The van der Waals surface area contributed by atoms with Gasteiger partial charge in [0.2, 0.25) is 0 Å². The Hall–Kier alpha value is -1.44. The molecule has 2 unspecified atom stereocenters. The van der Waals surface area contributed by atoms with E-state index in [1.54, 1.807) is 32.0 Å². The number of carbonyl (C=O) groups excluding carboxylic acids is 1. The molecule has 0 N–H and O–H groups in total. The van der Waals surface area contributed by atoms with E-state index in [-0.39, 0.29) is 4.90 Å². The van der Waals surface area contributed by atoms with Crippen LogP contribution in [0.3, 0.4) is 0 Å². The van der Waals surface area contributed by atoms with E-state index in [1.807, 2.05) is 0 Å². The molecule has 0 spiro atoms. The second-order valence-electron chi connectivity index (χ2n) is 5.46. The zero-order valence-corrected chi connectivity index (χ0v) is 12.9. The van der Waals surface area contributed by atoms with Crippen molar-refractivity contribution >= 4 is 16.1 Å².